The summed E-state index contributed by atoms with van der Waals surface area (Å²) in [5.74, 6) is 0.499. The molecule has 0 fully saturated rings. The molecule has 82 valence electrons. The van der Waals surface area contributed by atoms with E-state index in [0.29, 0.717) is 12.2 Å². The Balaban J connectivity index is 2.14. The molecule has 0 bridgehead atoms. The number of hydrogen-bond donors (Lipinski definition) is 0. The van der Waals surface area contributed by atoms with Crippen LogP contribution in [-0.2, 0) is 11.3 Å². The van der Waals surface area contributed by atoms with Gasteiger partial charge in [0.15, 0.2) is 0 Å². The van der Waals surface area contributed by atoms with Crippen LogP contribution in [0.25, 0.3) is 6.08 Å². The Morgan fingerprint density at radius 3 is 2.94 bits per heavy atom. The van der Waals surface area contributed by atoms with E-state index in [2.05, 4.69) is 0 Å². The molecule has 0 saturated carbocycles. The number of ether oxygens (including phenoxy) is 2. The molecule has 0 N–H and O–H groups in total. The first-order valence-electron chi connectivity index (χ1n) is 5.27. The summed E-state index contributed by atoms with van der Waals surface area (Å²) >= 11 is 0. The highest BCUT2D eigenvalue weighted by Gasteiger charge is 2.27. The second-order valence-electron chi connectivity index (χ2n) is 4.66. The number of carbonyl (C=O) groups excluding carboxylic acids is 1. The Morgan fingerprint density at radius 1 is 1.31 bits per heavy atom. The smallest absolute Gasteiger partial charge is 0.339 e. The van der Waals surface area contributed by atoms with Crippen molar-refractivity contribution in [2.45, 2.75) is 26.1 Å². The SMILES string of the molecule is CC1(C)C=Cc2cc3c(cc2O1)C(=O)OC3. The van der Waals surface area contributed by atoms with Crippen LogP contribution in [0.15, 0.2) is 18.2 Å². The first kappa shape index (κ1) is 9.46. The topological polar surface area (TPSA) is 35.5 Å². The lowest BCUT2D eigenvalue weighted by atomic mass is 9.99. The molecule has 2 aliphatic heterocycles. The summed E-state index contributed by atoms with van der Waals surface area (Å²) < 4.78 is 10.8. The summed E-state index contributed by atoms with van der Waals surface area (Å²) in [4.78, 5) is 11.4. The van der Waals surface area contributed by atoms with Crippen LogP contribution in [0.4, 0.5) is 0 Å². The third-order valence-corrected chi connectivity index (χ3v) is 2.85. The number of fused-ring (bicyclic) bond motifs is 2. The second-order valence-corrected chi connectivity index (χ2v) is 4.66. The standard InChI is InChI=1S/C13H12O3/c1-13(2)4-3-8-5-9-7-15-12(14)10(9)6-11(8)16-13/h3-6H,7H2,1-2H3. The molecule has 3 rings (SSSR count). The maximum atomic E-state index is 11.4. The molecule has 2 aliphatic rings. The van der Waals surface area contributed by atoms with Gasteiger partial charge < -0.3 is 9.47 Å². The maximum absolute atomic E-state index is 11.4. The molecule has 0 amide bonds. The van der Waals surface area contributed by atoms with Crippen molar-refractivity contribution >= 4 is 12.0 Å². The molecule has 0 saturated heterocycles. The highest BCUT2D eigenvalue weighted by molar-refractivity contribution is 5.94. The van der Waals surface area contributed by atoms with Gasteiger partial charge in [0.2, 0.25) is 0 Å². The Hall–Kier alpha value is -1.77. The summed E-state index contributed by atoms with van der Waals surface area (Å²) in [6.07, 6.45) is 4.04. The van der Waals surface area contributed by atoms with Gasteiger partial charge in [-0.05, 0) is 32.1 Å². The average molecular weight is 216 g/mol. The van der Waals surface area contributed by atoms with Gasteiger partial charge in [-0.25, -0.2) is 4.79 Å². The molecule has 0 aromatic heterocycles. The summed E-state index contributed by atoms with van der Waals surface area (Å²) in [5.41, 5.74) is 2.27. The van der Waals surface area contributed by atoms with Crippen LogP contribution in [0.2, 0.25) is 0 Å². The van der Waals surface area contributed by atoms with Crippen molar-refractivity contribution in [2.75, 3.05) is 0 Å². The molecule has 3 nitrogen and oxygen atoms in total. The average Bonchev–Trinajstić information content (AvgIpc) is 2.56. The third-order valence-electron chi connectivity index (χ3n) is 2.85. The van der Waals surface area contributed by atoms with Gasteiger partial charge in [-0.15, -0.1) is 0 Å². The molecule has 0 spiro atoms. The molecule has 0 atom stereocenters. The van der Waals surface area contributed by atoms with Crippen LogP contribution < -0.4 is 4.74 Å². The van der Waals surface area contributed by atoms with Crippen LogP contribution in [0.1, 0.15) is 35.3 Å². The van der Waals surface area contributed by atoms with E-state index in [4.69, 9.17) is 9.47 Å². The Labute approximate surface area is 93.7 Å². The molecular formula is C13H12O3. The zero-order chi connectivity index (χ0) is 11.3. The van der Waals surface area contributed by atoms with E-state index in [1.807, 2.05) is 32.1 Å². The fourth-order valence-corrected chi connectivity index (χ4v) is 2.00. The molecule has 3 heteroatoms. The zero-order valence-electron chi connectivity index (χ0n) is 9.24. The van der Waals surface area contributed by atoms with E-state index in [1.54, 1.807) is 6.07 Å². The third kappa shape index (κ3) is 1.32. The summed E-state index contributed by atoms with van der Waals surface area (Å²) in [5, 5.41) is 0. The van der Waals surface area contributed by atoms with E-state index in [9.17, 15) is 4.79 Å². The second kappa shape index (κ2) is 2.88. The predicted octanol–water partition coefficient (Wildman–Crippen LogP) is 2.54. The van der Waals surface area contributed by atoms with Gasteiger partial charge in [0, 0.05) is 11.1 Å². The van der Waals surface area contributed by atoms with Gasteiger partial charge in [-0.3, -0.25) is 0 Å². The van der Waals surface area contributed by atoms with Crippen molar-refractivity contribution in [2.24, 2.45) is 0 Å². The van der Waals surface area contributed by atoms with Gasteiger partial charge >= 0.3 is 5.97 Å². The van der Waals surface area contributed by atoms with Crippen molar-refractivity contribution in [3.05, 3.63) is 34.9 Å². The normalized spacial score (nSPS) is 19.8. The minimum Gasteiger partial charge on any atom is -0.483 e. The highest BCUT2D eigenvalue weighted by atomic mass is 16.5. The van der Waals surface area contributed by atoms with E-state index < -0.39 is 0 Å². The van der Waals surface area contributed by atoms with Crippen molar-refractivity contribution < 1.29 is 14.3 Å². The first-order valence-corrected chi connectivity index (χ1v) is 5.27. The van der Waals surface area contributed by atoms with Gasteiger partial charge in [0.1, 0.15) is 18.0 Å². The van der Waals surface area contributed by atoms with Gasteiger partial charge in [-0.1, -0.05) is 6.08 Å². The lowest BCUT2D eigenvalue weighted by Crippen LogP contribution is -2.27. The fourth-order valence-electron chi connectivity index (χ4n) is 2.00. The fraction of sp³-hybridized carbons (Fsp3) is 0.308. The molecule has 0 aliphatic carbocycles. The van der Waals surface area contributed by atoms with Crippen LogP contribution in [0, 0.1) is 0 Å². The van der Waals surface area contributed by atoms with E-state index in [0.717, 1.165) is 16.9 Å². The monoisotopic (exact) mass is 216 g/mol. The van der Waals surface area contributed by atoms with Gasteiger partial charge in [0.05, 0.1) is 5.56 Å². The van der Waals surface area contributed by atoms with E-state index in [1.165, 1.54) is 0 Å². The first-order chi connectivity index (χ1) is 7.55. The molecule has 1 aromatic carbocycles. The Morgan fingerprint density at radius 2 is 2.12 bits per heavy atom. The van der Waals surface area contributed by atoms with E-state index in [-0.39, 0.29) is 11.6 Å². The minimum absolute atomic E-state index is 0.256. The highest BCUT2D eigenvalue weighted by Crippen LogP contribution is 2.35. The summed E-state index contributed by atoms with van der Waals surface area (Å²) in [7, 11) is 0. The zero-order valence-corrected chi connectivity index (χ0v) is 9.24. The van der Waals surface area contributed by atoms with Crippen molar-refractivity contribution in [1.82, 2.24) is 0 Å². The Bertz CT molecular complexity index is 512. The maximum Gasteiger partial charge on any atom is 0.339 e. The van der Waals surface area contributed by atoms with Crippen molar-refractivity contribution in [3.63, 3.8) is 0 Å². The molecule has 2 heterocycles. The lowest BCUT2D eigenvalue weighted by Gasteiger charge is -2.28. The van der Waals surface area contributed by atoms with Crippen molar-refractivity contribution in [3.8, 4) is 5.75 Å². The summed E-state index contributed by atoms with van der Waals surface area (Å²) in [6.45, 7) is 4.34. The number of hydrogen-bond acceptors (Lipinski definition) is 3. The quantitative estimate of drug-likeness (QED) is 0.625. The molecule has 1 aromatic rings. The van der Waals surface area contributed by atoms with E-state index >= 15 is 0 Å². The van der Waals surface area contributed by atoms with Gasteiger partial charge in [-0.2, -0.15) is 0 Å². The van der Waals surface area contributed by atoms with Crippen LogP contribution in [-0.4, -0.2) is 11.6 Å². The largest absolute Gasteiger partial charge is 0.483 e. The molecule has 0 unspecified atom stereocenters. The predicted molar refractivity (Wildman–Crippen MR) is 59.3 cm³/mol. The number of benzene rings is 1. The van der Waals surface area contributed by atoms with Crippen LogP contribution >= 0.6 is 0 Å². The number of cyclic esters (lactones) is 1. The number of esters is 1. The van der Waals surface area contributed by atoms with Crippen molar-refractivity contribution in [1.29, 1.82) is 0 Å². The number of rotatable bonds is 0. The van der Waals surface area contributed by atoms with Crippen LogP contribution in [0.3, 0.4) is 0 Å². The summed E-state index contributed by atoms with van der Waals surface area (Å²) in [6, 6.07) is 3.74. The van der Waals surface area contributed by atoms with Crippen LogP contribution in [0.5, 0.6) is 5.75 Å². The van der Waals surface area contributed by atoms with Gasteiger partial charge in [0.25, 0.3) is 0 Å². The number of carbonyl (C=O) groups is 1. The molecule has 16 heavy (non-hydrogen) atoms. The minimum atomic E-state index is -0.316. The molecular weight excluding hydrogens is 204 g/mol. The molecule has 0 radical (unpaired) electrons. The Kier molecular flexibility index (Phi) is 1.70. The lowest BCUT2D eigenvalue weighted by molar-refractivity contribution is 0.0534.